The third kappa shape index (κ3) is 6.92. The molecule has 1 aromatic heterocycles. The van der Waals surface area contributed by atoms with Gasteiger partial charge in [0.2, 0.25) is 5.95 Å². The quantitative estimate of drug-likeness (QED) is 0.145. The zero-order valence-corrected chi connectivity index (χ0v) is 34.0. The molecule has 58 heavy (non-hydrogen) atoms. The summed E-state index contributed by atoms with van der Waals surface area (Å²) in [6.07, 6.45) is 0. The number of hydrogen-bond acceptors (Lipinski definition) is 4. The summed E-state index contributed by atoms with van der Waals surface area (Å²) in [4.78, 5) is 17.9. The Hall–Kier alpha value is -6.91. The summed E-state index contributed by atoms with van der Waals surface area (Å²) in [6.45, 7) is 13.4. The molecule has 0 N–H and O–H groups in total. The summed E-state index contributed by atoms with van der Waals surface area (Å²) >= 11 is 0. The van der Waals surface area contributed by atoms with Gasteiger partial charge in [0.25, 0.3) is 0 Å². The van der Waals surface area contributed by atoms with Gasteiger partial charge < -0.3 is 0 Å². The number of fused-ring (bicyclic) bond motifs is 2. The number of aromatic nitrogens is 3. The second-order valence-corrected chi connectivity index (χ2v) is 15.7. The normalized spacial score (nSPS) is 11.4. The van der Waals surface area contributed by atoms with Crippen LogP contribution in [0.1, 0.15) is 56.0 Å². The van der Waals surface area contributed by atoms with Crippen LogP contribution < -0.4 is 4.90 Å². The van der Waals surface area contributed by atoms with Gasteiger partial charge in [0.05, 0.1) is 0 Å². The zero-order chi connectivity index (χ0) is 39.9. The number of benzene rings is 8. The minimum absolute atomic E-state index is 0.0594. The van der Waals surface area contributed by atoms with Crippen molar-refractivity contribution >= 4 is 38.9 Å². The van der Waals surface area contributed by atoms with Gasteiger partial charge >= 0.3 is 0 Å². The molecule has 0 radical (unpaired) electrons. The molecule has 0 bridgehead atoms. The lowest BCUT2D eigenvalue weighted by Crippen LogP contribution is -2.16. The molecule has 0 aliphatic carbocycles. The average molecular weight is 751 g/mol. The van der Waals surface area contributed by atoms with Crippen LogP contribution in [0.2, 0.25) is 0 Å². The fourth-order valence-electron chi connectivity index (χ4n) is 9.00. The molecule has 1 heterocycles. The number of rotatable bonds is 8. The highest BCUT2D eigenvalue weighted by Gasteiger charge is 2.26. The lowest BCUT2D eigenvalue weighted by Gasteiger charge is -2.28. The van der Waals surface area contributed by atoms with E-state index in [-0.39, 0.29) is 5.92 Å². The molecule has 0 saturated heterocycles. The average Bonchev–Trinajstić information content (AvgIpc) is 3.23. The van der Waals surface area contributed by atoms with E-state index in [1.165, 1.54) is 55.5 Å². The predicted octanol–water partition coefficient (Wildman–Crippen LogP) is 14.0. The van der Waals surface area contributed by atoms with E-state index in [1.807, 2.05) is 18.2 Å². The maximum atomic E-state index is 5.33. The Balaban J connectivity index is 1.27. The van der Waals surface area contributed by atoms with Crippen molar-refractivity contribution < 1.29 is 0 Å². The van der Waals surface area contributed by atoms with Crippen LogP contribution in [-0.4, -0.2) is 15.0 Å². The van der Waals surface area contributed by atoms with Crippen molar-refractivity contribution in [1.29, 1.82) is 0 Å². The second kappa shape index (κ2) is 15.2. The highest BCUT2D eigenvalue weighted by molar-refractivity contribution is 5.95. The van der Waals surface area contributed by atoms with E-state index >= 15 is 0 Å². The fourth-order valence-corrected chi connectivity index (χ4v) is 9.00. The monoisotopic (exact) mass is 750 g/mol. The summed E-state index contributed by atoms with van der Waals surface area (Å²) < 4.78 is 0. The standard InChI is InChI=1S/C54H46N4/c1-34-29-36(3)49(37(4)30-34)51(50-38(5)31-35(2)32-39(50)6)42-24-26-45(27-25-42)58(46-28-23-40-15-10-11-19-44(40)33-46)54-56-52(43-17-8-7-9-18-43)55-53(57-54)48-22-14-20-41-16-12-13-21-47(41)48/h7-33,51H,1-6H3. The van der Waals surface area contributed by atoms with Crippen LogP contribution in [0.5, 0.6) is 0 Å². The largest absolute Gasteiger partial charge is 0.279 e. The van der Waals surface area contributed by atoms with E-state index in [9.17, 15) is 0 Å². The van der Waals surface area contributed by atoms with Crippen molar-refractivity contribution in [2.45, 2.75) is 47.5 Å². The smallest absolute Gasteiger partial charge is 0.238 e. The van der Waals surface area contributed by atoms with Crippen LogP contribution in [0.15, 0.2) is 164 Å². The molecule has 0 fully saturated rings. The second-order valence-electron chi connectivity index (χ2n) is 15.7. The van der Waals surface area contributed by atoms with E-state index in [0.29, 0.717) is 17.6 Å². The lowest BCUT2D eigenvalue weighted by atomic mass is 9.77. The molecule has 9 aromatic rings. The van der Waals surface area contributed by atoms with Crippen LogP contribution in [-0.2, 0) is 0 Å². The third-order valence-electron chi connectivity index (χ3n) is 11.4. The molecule has 0 aliphatic rings. The van der Waals surface area contributed by atoms with Crippen molar-refractivity contribution in [3.05, 3.63) is 214 Å². The van der Waals surface area contributed by atoms with Crippen molar-refractivity contribution in [2.75, 3.05) is 4.90 Å². The summed E-state index contributed by atoms with van der Waals surface area (Å²) in [7, 11) is 0. The minimum Gasteiger partial charge on any atom is -0.279 e. The molecule has 4 heteroatoms. The van der Waals surface area contributed by atoms with Crippen LogP contribution in [0.25, 0.3) is 44.3 Å². The molecule has 0 atom stereocenters. The van der Waals surface area contributed by atoms with Crippen LogP contribution in [0.4, 0.5) is 17.3 Å². The molecule has 0 spiro atoms. The Bertz CT molecular complexity index is 2860. The van der Waals surface area contributed by atoms with Gasteiger partial charge in [-0.15, -0.1) is 0 Å². The summed E-state index contributed by atoms with van der Waals surface area (Å²) in [5.41, 5.74) is 15.6. The summed E-state index contributed by atoms with van der Waals surface area (Å²) in [6, 6.07) is 58.4. The van der Waals surface area contributed by atoms with E-state index in [0.717, 1.165) is 38.7 Å². The first-order valence-corrected chi connectivity index (χ1v) is 20.1. The van der Waals surface area contributed by atoms with Gasteiger partial charge in [-0.2, -0.15) is 9.97 Å². The van der Waals surface area contributed by atoms with E-state index in [2.05, 4.69) is 192 Å². The van der Waals surface area contributed by atoms with E-state index in [1.54, 1.807) is 0 Å². The van der Waals surface area contributed by atoms with Crippen LogP contribution in [0, 0.1) is 41.5 Å². The number of hydrogen-bond donors (Lipinski definition) is 0. The number of nitrogens with zero attached hydrogens (tertiary/aromatic N) is 4. The first-order valence-electron chi connectivity index (χ1n) is 20.1. The van der Waals surface area contributed by atoms with Gasteiger partial charge in [0.1, 0.15) is 0 Å². The van der Waals surface area contributed by atoms with Crippen LogP contribution >= 0.6 is 0 Å². The molecule has 0 unspecified atom stereocenters. The molecule has 4 nitrogen and oxygen atoms in total. The molecular weight excluding hydrogens is 705 g/mol. The minimum atomic E-state index is 0.0594. The summed E-state index contributed by atoms with van der Waals surface area (Å²) in [5.74, 6) is 1.85. The molecule has 282 valence electrons. The molecule has 8 aromatic carbocycles. The molecule has 0 saturated carbocycles. The Labute approximate surface area is 341 Å². The van der Waals surface area contributed by atoms with Crippen LogP contribution in [0.3, 0.4) is 0 Å². The van der Waals surface area contributed by atoms with Gasteiger partial charge in [-0.25, -0.2) is 4.98 Å². The lowest BCUT2D eigenvalue weighted by molar-refractivity contribution is 0.919. The highest BCUT2D eigenvalue weighted by Crippen LogP contribution is 2.42. The van der Waals surface area contributed by atoms with Crippen molar-refractivity contribution in [1.82, 2.24) is 15.0 Å². The first-order chi connectivity index (χ1) is 28.2. The third-order valence-corrected chi connectivity index (χ3v) is 11.4. The maximum absolute atomic E-state index is 5.33. The molecule has 9 rings (SSSR count). The van der Waals surface area contributed by atoms with Gasteiger partial charge in [0, 0.05) is 28.4 Å². The van der Waals surface area contributed by atoms with Gasteiger partial charge in [-0.1, -0.05) is 151 Å². The Morgan fingerprint density at radius 2 is 0.948 bits per heavy atom. The Morgan fingerprint density at radius 1 is 0.414 bits per heavy atom. The zero-order valence-electron chi connectivity index (χ0n) is 34.0. The number of anilines is 3. The van der Waals surface area contributed by atoms with Gasteiger partial charge in [0.15, 0.2) is 11.6 Å². The van der Waals surface area contributed by atoms with Gasteiger partial charge in [-0.3, -0.25) is 4.90 Å². The molecule has 0 amide bonds. The SMILES string of the molecule is Cc1cc(C)c(C(c2ccc(N(c3ccc4ccccc4c3)c3nc(-c4ccccc4)nc(-c4cccc5ccccc45)n3)cc2)c2c(C)cc(C)cc2C)c(C)c1. The maximum Gasteiger partial charge on any atom is 0.238 e. The Kier molecular flexibility index (Phi) is 9.63. The molecular formula is C54H46N4. The first kappa shape index (κ1) is 36.7. The highest BCUT2D eigenvalue weighted by atomic mass is 15.3. The topological polar surface area (TPSA) is 41.9 Å². The van der Waals surface area contributed by atoms with Gasteiger partial charge in [-0.05, 0) is 126 Å². The van der Waals surface area contributed by atoms with Crippen molar-refractivity contribution in [3.63, 3.8) is 0 Å². The van der Waals surface area contributed by atoms with E-state index < -0.39 is 0 Å². The molecule has 0 aliphatic heterocycles. The predicted molar refractivity (Wildman–Crippen MR) is 243 cm³/mol. The Morgan fingerprint density at radius 3 is 1.60 bits per heavy atom. The van der Waals surface area contributed by atoms with Crippen molar-refractivity contribution in [2.24, 2.45) is 0 Å². The number of aryl methyl sites for hydroxylation is 6. The van der Waals surface area contributed by atoms with Crippen molar-refractivity contribution in [3.8, 4) is 22.8 Å². The van der Waals surface area contributed by atoms with E-state index in [4.69, 9.17) is 15.0 Å². The summed E-state index contributed by atoms with van der Waals surface area (Å²) in [5, 5.41) is 4.55. The fraction of sp³-hybridized carbons (Fsp3) is 0.130.